The highest BCUT2D eigenvalue weighted by molar-refractivity contribution is 7.89. The van der Waals surface area contributed by atoms with Gasteiger partial charge in [0.05, 0.1) is 12.0 Å². The summed E-state index contributed by atoms with van der Waals surface area (Å²) < 4.78 is 29.9. The van der Waals surface area contributed by atoms with E-state index in [2.05, 4.69) is 0 Å². The maximum atomic E-state index is 12.3. The van der Waals surface area contributed by atoms with Crippen LogP contribution in [0.2, 0.25) is 0 Å². The fraction of sp³-hybridized carbons (Fsp3) is 0.133. The van der Waals surface area contributed by atoms with E-state index in [4.69, 9.17) is 10.6 Å². The molecule has 0 saturated heterocycles. The highest BCUT2D eigenvalue weighted by Crippen LogP contribution is 2.17. The predicted octanol–water partition coefficient (Wildman–Crippen LogP) is 1.71. The third-order valence-corrected chi connectivity index (χ3v) is 4.67. The van der Waals surface area contributed by atoms with Crippen LogP contribution in [0.1, 0.15) is 15.9 Å². The van der Waals surface area contributed by atoms with Crippen LogP contribution in [-0.2, 0) is 10.0 Å². The molecule has 2 aromatic rings. The van der Waals surface area contributed by atoms with E-state index >= 15 is 0 Å². The van der Waals surface area contributed by atoms with Crippen molar-refractivity contribution in [2.24, 2.45) is 5.84 Å². The molecule has 0 aromatic heterocycles. The van der Waals surface area contributed by atoms with E-state index in [1.165, 1.54) is 31.4 Å². The monoisotopic (exact) mass is 320 g/mol. The van der Waals surface area contributed by atoms with Crippen molar-refractivity contribution in [3.8, 4) is 5.75 Å². The lowest BCUT2D eigenvalue weighted by Gasteiger charge is -2.17. The van der Waals surface area contributed by atoms with Crippen LogP contribution in [0.5, 0.6) is 5.75 Å². The van der Waals surface area contributed by atoms with Crippen LogP contribution in [-0.4, -0.2) is 25.8 Å². The van der Waals surface area contributed by atoms with Gasteiger partial charge in [0.1, 0.15) is 5.75 Å². The highest BCUT2D eigenvalue weighted by atomic mass is 32.2. The summed E-state index contributed by atoms with van der Waals surface area (Å²) in [6, 6.07) is 12.1. The van der Waals surface area contributed by atoms with Gasteiger partial charge in [-0.2, -0.15) is 12.8 Å². The zero-order chi connectivity index (χ0) is 16.3. The Labute approximate surface area is 129 Å². The Morgan fingerprint density at radius 3 is 2.09 bits per heavy atom. The molecule has 0 saturated carbocycles. The number of rotatable bonds is 4. The largest absolute Gasteiger partial charge is 0.497 e. The molecule has 0 aliphatic carbocycles. The molecular formula is C15H16N2O4S. The molecule has 0 aliphatic rings. The van der Waals surface area contributed by atoms with Crippen LogP contribution in [0, 0.1) is 6.92 Å². The number of aryl methyl sites for hydroxylation is 1. The maximum absolute atomic E-state index is 12.3. The minimum atomic E-state index is -4.09. The summed E-state index contributed by atoms with van der Waals surface area (Å²) in [5, 5.41) is 0. The van der Waals surface area contributed by atoms with Crippen molar-refractivity contribution in [3.63, 3.8) is 0 Å². The van der Waals surface area contributed by atoms with Gasteiger partial charge in [0.2, 0.25) is 0 Å². The van der Waals surface area contributed by atoms with Crippen molar-refractivity contribution in [3.05, 3.63) is 59.7 Å². The molecule has 0 radical (unpaired) electrons. The van der Waals surface area contributed by atoms with Crippen molar-refractivity contribution in [2.75, 3.05) is 7.11 Å². The van der Waals surface area contributed by atoms with Gasteiger partial charge in [-0.3, -0.25) is 4.79 Å². The quantitative estimate of drug-likeness (QED) is 0.526. The molecule has 7 heteroatoms. The first-order valence-corrected chi connectivity index (χ1v) is 7.85. The summed E-state index contributed by atoms with van der Waals surface area (Å²) >= 11 is 0. The molecule has 0 bridgehead atoms. The van der Waals surface area contributed by atoms with E-state index in [-0.39, 0.29) is 14.9 Å². The van der Waals surface area contributed by atoms with Gasteiger partial charge in [0, 0.05) is 5.56 Å². The van der Waals surface area contributed by atoms with Crippen LogP contribution in [0.25, 0.3) is 0 Å². The highest BCUT2D eigenvalue weighted by Gasteiger charge is 2.27. The maximum Gasteiger partial charge on any atom is 0.282 e. The van der Waals surface area contributed by atoms with Gasteiger partial charge >= 0.3 is 0 Å². The smallest absolute Gasteiger partial charge is 0.282 e. The van der Waals surface area contributed by atoms with Crippen molar-refractivity contribution in [2.45, 2.75) is 11.8 Å². The number of nitrogens with zero attached hydrogens (tertiary/aromatic N) is 1. The van der Waals surface area contributed by atoms with Gasteiger partial charge in [-0.15, -0.1) is 0 Å². The summed E-state index contributed by atoms with van der Waals surface area (Å²) in [6.07, 6.45) is 0. The molecule has 0 unspecified atom stereocenters. The van der Waals surface area contributed by atoms with Crippen LogP contribution < -0.4 is 10.6 Å². The SMILES string of the molecule is COc1ccc(C(=O)N(N)S(=O)(=O)c2ccc(C)cc2)cc1. The lowest BCUT2D eigenvalue weighted by Crippen LogP contribution is -2.42. The molecule has 0 aliphatic heterocycles. The molecule has 0 fully saturated rings. The normalized spacial score (nSPS) is 11.0. The van der Waals surface area contributed by atoms with Gasteiger partial charge in [0.25, 0.3) is 15.9 Å². The Bertz CT molecular complexity index is 768. The fourth-order valence-electron chi connectivity index (χ4n) is 1.79. The fourth-order valence-corrected chi connectivity index (χ4v) is 2.82. The lowest BCUT2D eigenvalue weighted by molar-refractivity contribution is 0.0861. The Kier molecular flexibility index (Phi) is 4.48. The molecule has 1 amide bonds. The summed E-state index contributed by atoms with van der Waals surface area (Å²) in [7, 11) is -2.59. The first-order valence-electron chi connectivity index (χ1n) is 6.41. The van der Waals surface area contributed by atoms with E-state index in [0.29, 0.717) is 5.75 Å². The van der Waals surface area contributed by atoms with Gasteiger partial charge in [0.15, 0.2) is 0 Å². The molecule has 2 rings (SSSR count). The molecule has 116 valence electrons. The number of hydrogen-bond acceptors (Lipinski definition) is 5. The third-order valence-electron chi connectivity index (χ3n) is 3.11. The minimum Gasteiger partial charge on any atom is -0.497 e. The zero-order valence-corrected chi connectivity index (χ0v) is 13.0. The third kappa shape index (κ3) is 3.10. The Morgan fingerprint density at radius 1 is 1.05 bits per heavy atom. The molecule has 22 heavy (non-hydrogen) atoms. The van der Waals surface area contributed by atoms with Gasteiger partial charge in [-0.05, 0) is 43.3 Å². The molecule has 0 spiro atoms. The molecule has 0 heterocycles. The van der Waals surface area contributed by atoms with E-state index < -0.39 is 15.9 Å². The van der Waals surface area contributed by atoms with Crippen LogP contribution >= 0.6 is 0 Å². The summed E-state index contributed by atoms with van der Waals surface area (Å²) in [5.74, 6) is 5.27. The van der Waals surface area contributed by atoms with Crippen molar-refractivity contribution in [1.29, 1.82) is 0 Å². The molecule has 0 atom stereocenters. The van der Waals surface area contributed by atoms with E-state index in [1.54, 1.807) is 24.3 Å². The Hall–Kier alpha value is -2.38. The molecule has 6 nitrogen and oxygen atoms in total. The zero-order valence-electron chi connectivity index (χ0n) is 12.2. The van der Waals surface area contributed by atoms with Crippen molar-refractivity contribution >= 4 is 15.9 Å². The van der Waals surface area contributed by atoms with E-state index in [9.17, 15) is 13.2 Å². The number of benzene rings is 2. The Balaban J connectivity index is 2.30. The van der Waals surface area contributed by atoms with E-state index in [1.807, 2.05) is 6.92 Å². The first kappa shape index (κ1) is 16.0. The topological polar surface area (TPSA) is 89.7 Å². The first-order chi connectivity index (χ1) is 10.4. The van der Waals surface area contributed by atoms with Crippen molar-refractivity contribution in [1.82, 2.24) is 4.41 Å². The standard InChI is InChI=1S/C15H16N2O4S/c1-11-3-9-14(10-4-11)22(19,20)17(16)15(18)12-5-7-13(21-2)8-6-12/h3-10H,16H2,1-2H3. The Morgan fingerprint density at radius 2 is 1.59 bits per heavy atom. The predicted molar refractivity (Wildman–Crippen MR) is 81.7 cm³/mol. The minimum absolute atomic E-state index is 0.0394. The number of sulfonamides is 1. The molecule has 2 aromatic carbocycles. The molecular weight excluding hydrogens is 304 g/mol. The molecule has 2 N–H and O–H groups in total. The van der Waals surface area contributed by atoms with Gasteiger partial charge < -0.3 is 4.74 Å². The summed E-state index contributed by atoms with van der Waals surface area (Å²) in [5.41, 5.74) is 1.06. The van der Waals surface area contributed by atoms with Crippen molar-refractivity contribution < 1.29 is 17.9 Å². The van der Waals surface area contributed by atoms with E-state index in [0.717, 1.165) is 5.56 Å². The average Bonchev–Trinajstić information content (AvgIpc) is 2.54. The number of amides is 1. The summed E-state index contributed by atoms with van der Waals surface area (Å²) in [6.45, 7) is 1.83. The number of carbonyl (C=O) groups excluding carboxylic acids is 1. The second kappa shape index (κ2) is 6.17. The second-order valence-electron chi connectivity index (χ2n) is 4.65. The summed E-state index contributed by atoms with van der Waals surface area (Å²) in [4.78, 5) is 12.2. The number of hydrogen-bond donors (Lipinski definition) is 1. The van der Waals surface area contributed by atoms with Crippen LogP contribution in [0.3, 0.4) is 0 Å². The number of nitrogens with two attached hydrogens (primary N) is 1. The lowest BCUT2D eigenvalue weighted by atomic mass is 10.2. The number of hydrazine groups is 1. The van der Waals surface area contributed by atoms with Gasteiger partial charge in [-0.25, -0.2) is 5.84 Å². The number of methoxy groups -OCH3 is 1. The van der Waals surface area contributed by atoms with Gasteiger partial charge in [-0.1, -0.05) is 17.7 Å². The average molecular weight is 320 g/mol. The second-order valence-corrected chi connectivity index (χ2v) is 6.46. The number of carbonyl (C=O) groups is 1. The number of ether oxygens (including phenoxy) is 1. The van der Waals surface area contributed by atoms with Crippen LogP contribution in [0.4, 0.5) is 0 Å². The van der Waals surface area contributed by atoms with Crippen LogP contribution in [0.15, 0.2) is 53.4 Å².